The molecule has 0 aliphatic heterocycles. The molecule has 1 heterocycles. The van der Waals surface area contributed by atoms with Gasteiger partial charge in [-0.3, -0.25) is 14.2 Å². The molecular formula is C23H24ClN3O3S. The number of benzene rings is 2. The Bertz CT molecular complexity index is 1170. The van der Waals surface area contributed by atoms with Crippen LogP contribution in [0, 0.1) is 0 Å². The van der Waals surface area contributed by atoms with Crippen molar-refractivity contribution in [3.63, 3.8) is 0 Å². The number of thioether (sulfide) groups is 1. The standard InChI is InChI=1S/C23H24ClN3O3S/c1-13(20(28)29)26-21(30)23(2,3)31-22-25-12-19(24)27(22)18-11-10-15(14-8-9-14)16-6-4-5-7-17(16)18/h4-7,10-14H,8-9H2,1-3H3,(H,26,30)(H,28,29). The van der Waals surface area contributed by atoms with Gasteiger partial charge in [-0.15, -0.1) is 0 Å². The van der Waals surface area contributed by atoms with Gasteiger partial charge in [-0.2, -0.15) is 0 Å². The number of imidazole rings is 1. The van der Waals surface area contributed by atoms with Crippen LogP contribution >= 0.6 is 23.4 Å². The zero-order valence-electron chi connectivity index (χ0n) is 17.6. The molecule has 1 aromatic heterocycles. The second-order valence-electron chi connectivity index (χ2n) is 8.34. The number of nitrogens with zero attached hydrogens (tertiary/aromatic N) is 2. The molecule has 8 heteroatoms. The Morgan fingerprint density at radius 3 is 2.55 bits per heavy atom. The highest BCUT2D eigenvalue weighted by Gasteiger charge is 2.34. The molecule has 6 nitrogen and oxygen atoms in total. The molecule has 162 valence electrons. The average Bonchev–Trinajstić information content (AvgIpc) is 3.51. The van der Waals surface area contributed by atoms with E-state index in [9.17, 15) is 9.59 Å². The van der Waals surface area contributed by atoms with Crippen molar-refractivity contribution < 1.29 is 14.7 Å². The molecule has 2 N–H and O–H groups in total. The van der Waals surface area contributed by atoms with Gasteiger partial charge in [0.2, 0.25) is 5.91 Å². The largest absolute Gasteiger partial charge is 0.480 e. The Balaban J connectivity index is 1.72. The van der Waals surface area contributed by atoms with Crippen molar-refractivity contribution in [1.82, 2.24) is 14.9 Å². The summed E-state index contributed by atoms with van der Waals surface area (Å²) in [7, 11) is 0. The highest BCUT2D eigenvalue weighted by atomic mass is 35.5. The van der Waals surface area contributed by atoms with Crippen molar-refractivity contribution in [2.24, 2.45) is 0 Å². The molecule has 3 aromatic rings. The maximum absolute atomic E-state index is 12.7. The van der Waals surface area contributed by atoms with E-state index < -0.39 is 16.8 Å². The monoisotopic (exact) mass is 457 g/mol. The van der Waals surface area contributed by atoms with E-state index in [1.165, 1.54) is 42.5 Å². The third kappa shape index (κ3) is 4.29. The molecule has 1 fully saturated rings. The lowest BCUT2D eigenvalue weighted by atomic mass is 9.99. The number of fused-ring (bicyclic) bond motifs is 1. The van der Waals surface area contributed by atoms with Crippen LogP contribution in [-0.2, 0) is 9.59 Å². The zero-order valence-corrected chi connectivity index (χ0v) is 19.1. The number of aromatic nitrogens is 2. The molecule has 0 saturated heterocycles. The lowest BCUT2D eigenvalue weighted by Gasteiger charge is -2.24. The molecule has 0 radical (unpaired) electrons. The number of nitrogens with one attached hydrogen (secondary N) is 1. The fourth-order valence-corrected chi connectivity index (χ4v) is 4.84. The summed E-state index contributed by atoms with van der Waals surface area (Å²) in [6.45, 7) is 4.91. The Morgan fingerprint density at radius 1 is 1.23 bits per heavy atom. The van der Waals surface area contributed by atoms with Gasteiger partial charge in [-0.05, 0) is 56.5 Å². The average molecular weight is 458 g/mol. The maximum atomic E-state index is 12.7. The van der Waals surface area contributed by atoms with E-state index >= 15 is 0 Å². The van der Waals surface area contributed by atoms with Gasteiger partial charge in [0.15, 0.2) is 5.16 Å². The first-order chi connectivity index (χ1) is 14.7. The topological polar surface area (TPSA) is 84.2 Å². The SMILES string of the molecule is CC(NC(=O)C(C)(C)Sc1ncc(Cl)n1-c1ccc(C2CC2)c2ccccc12)C(=O)O. The minimum Gasteiger partial charge on any atom is -0.480 e. The van der Waals surface area contributed by atoms with Crippen LogP contribution in [-0.4, -0.2) is 37.3 Å². The van der Waals surface area contributed by atoms with Gasteiger partial charge in [0.1, 0.15) is 11.2 Å². The molecule has 1 amide bonds. The van der Waals surface area contributed by atoms with Crippen molar-refractivity contribution in [3.05, 3.63) is 53.3 Å². The normalized spacial score (nSPS) is 15.1. The van der Waals surface area contributed by atoms with E-state index in [-0.39, 0.29) is 5.91 Å². The highest BCUT2D eigenvalue weighted by Crippen LogP contribution is 2.45. The summed E-state index contributed by atoms with van der Waals surface area (Å²) in [4.78, 5) is 28.3. The first-order valence-corrected chi connectivity index (χ1v) is 11.4. The lowest BCUT2D eigenvalue weighted by molar-refractivity contribution is -0.141. The number of carbonyl (C=O) groups excluding carboxylic acids is 1. The second kappa shape index (κ2) is 8.20. The molecular weight excluding hydrogens is 434 g/mol. The van der Waals surface area contributed by atoms with Crippen LogP contribution in [0.25, 0.3) is 16.5 Å². The molecule has 0 bridgehead atoms. The van der Waals surface area contributed by atoms with Crippen LogP contribution in [0.4, 0.5) is 0 Å². The molecule has 1 saturated carbocycles. The van der Waals surface area contributed by atoms with Crippen molar-refractivity contribution in [1.29, 1.82) is 0 Å². The van der Waals surface area contributed by atoms with Gasteiger partial charge in [-0.25, -0.2) is 4.98 Å². The Labute approximate surface area is 190 Å². The molecule has 1 atom stereocenters. The molecule has 4 rings (SSSR count). The molecule has 0 spiro atoms. The summed E-state index contributed by atoms with van der Waals surface area (Å²) in [5.41, 5.74) is 2.26. The van der Waals surface area contributed by atoms with Gasteiger partial charge in [0.25, 0.3) is 0 Å². The summed E-state index contributed by atoms with van der Waals surface area (Å²) < 4.78 is 0.890. The van der Waals surface area contributed by atoms with Gasteiger partial charge in [-0.1, -0.05) is 53.7 Å². The number of hydrogen-bond acceptors (Lipinski definition) is 4. The van der Waals surface area contributed by atoms with Gasteiger partial charge >= 0.3 is 5.97 Å². The fourth-order valence-electron chi connectivity index (χ4n) is 3.56. The number of aliphatic carboxylic acids is 1. The summed E-state index contributed by atoms with van der Waals surface area (Å²) in [6, 6.07) is 11.5. The summed E-state index contributed by atoms with van der Waals surface area (Å²) in [5.74, 6) is -0.849. The predicted octanol–water partition coefficient (Wildman–Crippen LogP) is 5.02. The smallest absolute Gasteiger partial charge is 0.325 e. The fraction of sp³-hybridized carbons (Fsp3) is 0.348. The number of carbonyl (C=O) groups is 2. The van der Waals surface area contributed by atoms with E-state index in [0.717, 1.165) is 11.1 Å². The number of rotatable bonds is 7. The Kier molecular flexibility index (Phi) is 5.75. The number of halogens is 1. The van der Waals surface area contributed by atoms with E-state index in [0.29, 0.717) is 16.2 Å². The highest BCUT2D eigenvalue weighted by molar-refractivity contribution is 8.01. The van der Waals surface area contributed by atoms with E-state index in [1.807, 2.05) is 16.7 Å². The van der Waals surface area contributed by atoms with Crippen LogP contribution in [0.2, 0.25) is 5.15 Å². The first-order valence-electron chi connectivity index (χ1n) is 10.2. The molecule has 2 aromatic carbocycles. The number of hydrogen-bond donors (Lipinski definition) is 2. The van der Waals surface area contributed by atoms with Crippen molar-refractivity contribution in [2.45, 2.75) is 55.5 Å². The number of carboxylic acid groups (broad SMARTS) is 1. The van der Waals surface area contributed by atoms with E-state index in [4.69, 9.17) is 16.7 Å². The minimum atomic E-state index is -1.08. The van der Waals surface area contributed by atoms with Crippen molar-refractivity contribution in [3.8, 4) is 5.69 Å². The summed E-state index contributed by atoms with van der Waals surface area (Å²) >= 11 is 7.78. The van der Waals surface area contributed by atoms with Crippen LogP contribution in [0.3, 0.4) is 0 Å². The minimum absolute atomic E-state index is 0.382. The molecule has 31 heavy (non-hydrogen) atoms. The first kappa shape index (κ1) is 21.7. The van der Waals surface area contributed by atoms with Crippen molar-refractivity contribution >= 4 is 46.0 Å². The van der Waals surface area contributed by atoms with Gasteiger partial charge in [0.05, 0.1) is 16.6 Å². The third-order valence-electron chi connectivity index (χ3n) is 5.49. The van der Waals surface area contributed by atoms with Crippen LogP contribution in [0.5, 0.6) is 0 Å². The van der Waals surface area contributed by atoms with Crippen LogP contribution < -0.4 is 5.32 Å². The van der Waals surface area contributed by atoms with E-state index in [2.05, 4.69) is 34.6 Å². The quantitative estimate of drug-likeness (QED) is 0.487. The summed E-state index contributed by atoms with van der Waals surface area (Å²) in [5, 5.41) is 14.9. The second-order valence-corrected chi connectivity index (χ2v) is 10.3. The third-order valence-corrected chi connectivity index (χ3v) is 6.92. The van der Waals surface area contributed by atoms with Crippen LogP contribution in [0.1, 0.15) is 45.1 Å². The molecule has 1 unspecified atom stereocenters. The van der Waals surface area contributed by atoms with E-state index in [1.54, 1.807) is 20.0 Å². The number of amides is 1. The van der Waals surface area contributed by atoms with Gasteiger partial charge < -0.3 is 10.4 Å². The summed E-state index contributed by atoms with van der Waals surface area (Å²) in [6.07, 6.45) is 4.00. The van der Waals surface area contributed by atoms with Crippen molar-refractivity contribution in [2.75, 3.05) is 0 Å². The van der Waals surface area contributed by atoms with Crippen LogP contribution in [0.15, 0.2) is 47.8 Å². The Morgan fingerprint density at radius 2 is 1.90 bits per heavy atom. The zero-order chi connectivity index (χ0) is 22.3. The molecule has 1 aliphatic carbocycles. The maximum Gasteiger partial charge on any atom is 0.325 e. The predicted molar refractivity (Wildman–Crippen MR) is 123 cm³/mol. The number of carboxylic acids is 1. The molecule has 1 aliphatic rings. The lowest BCUT2D eigenvalue weighted by Crippen LogP contribution is -2.47. The van der Waals surface area contributed by atoms with Gasteiger partial charge in [0, 0.05) is 5.39 Å². The Hall–Kier alpha value is -2.51.